The number of nitrogens with one attached hydrogen (secondary N) is 1. The first-order valence-corrected chi connectivity index (χ1v) is 15.2. The van der Waals surface area contributed by atoms with E-state index in [0.717, 1.165) is 64.2 Å². The molecule has 0 spiro atoms. The van der Waals surface area contributed by atoms with Crippen molar-refractivity contribution < 1.29 is 32.9 Å². The third kappa shape index (κ3) is 22.2. The first-order valence-electron chi connectivity index (χ1n) is 13.7. The van der Waals surface area contributed by atoms with Crippen LogP contribution in [0.25, 0.3) is 0 Å². The maximum Gasteiger partial charge on any atom is 0.268 e. The summed E-state index contributed by atoms with van der Waals surface area (Å²) >= 11 is 0. The van der Waals surface area contributed by atoms with Crippen LogP contribution in [0, 0.1) is 0 Å². The fourth-order valence-corrected chi connectivity index (χ4v) is 4.04. The Morgan fingerprint density at radius 3 is 2.25 bits per heavy atom. The van der Waals surface area contributed by atoms with Gasteiger partial charge in [0.25, 0.3) is 7.82 Å². The van der Waals surface area contributed by atoms with Crippen LogP contribution in [0.1, 0.15) is 90.9 Å². The number of allylic oxidation sites excluding steroid dienone is 3. The minimum atomic E-state index is -4.55. The van der Waals surface area contributed by atoms with Crippen LogP contribution in [0.2, 0.25) is 0 Å². The molecule has 9 heteroatoms. The van der Waals surface area contributed by atoms with Crippen LogP contribution in [0.5, 0.6) is 0 Å². The Balaban J connectivity index is 4.59. The fraction of sp³-hybridized carbons (Fsp3) is 0.815. The van der Waals surface area contributed by atoms with E-state index in [1.54, 1.807) is 6.08 Å². The molecule has 2 N–H and O–H groups in total. The number of carbonyl (C=O) groups is 1. The van der Waals surface area contributed by atoms with E-state index in [9.17, 15) is 19.4 Å². The van der Waals surface area contributed by atoms with Gasteiger partial charge in [-0.25, -0.2) is 0 Å². The summed E-state index contributed by atoms with van der Waals surface area (Å²) in [5, 5.41) is 13.3. The molecule has 212 valence electrons. The molecule has 0 aliphatic rings. The van der Waals surface area contributed by atoms with E-state index >= 15 is 0 Å². The average molecular weight is 533 g/mol. The molecule has 0 aromatic rings. The molecule has 8 nitrogen and oxygen atoms in total. The van der Waals surface area contributed by atoms with Crippen molar-refractivity contribution in [2.75, 3.05) is 40.9 Å². The third-order valence-electron chi connectivity index (χ3n) is 5.64. The van der Waals surface area contributed by atoms with Gasteiger partial charge in [0.05, 0.1) is 39.9 Å². The molecule has 36 heavy (non-hydrogen) atoms. The number of quaternary nitrogens is 1. The van der Waals surface area contributed by atoms with Crippen molar-refractivity contribution in [3.63, 3.8) is 0 Å². The highest BCUT2D eigenvalue weighted by molar-refractivity contribution is 7.45. The van der Waals surface area contributed by atoms with Gasteiger partial charge in [-0.05, 0) is 32.1 Å². The van der Waals surface area contributed by atoms with E-state index in [2.05, 4.69) is 31.3 Å². The Hall–Kier alpha value is -1.02. The van der Waals surface area contributed by atoms with Crippen molar-refractivity contribution in [2.24, 2.45) is 0 Å². The normalized spacial score (nSPS) is 15.9. The van der Waals surface area contributed by atoms with Gasteiger partial charge in [-0.2, -0.15) is 0 Å². The number of aliphatic hydroxyl groups excluding tert-OH is 1. The van der Waals surface area contributed by atoms with Gasteiger partial charge in [-0.3, -0.25) is 9.36 Å². The van der Waals surface area contributed by atoms with Crippen LogP contribution in [0.15, 0.2) is 24.3 Å². The number of phosphoric ester groups is 1. The number of phosphoric acid groups is 1. The van der Waals surface area contributed by atoms with Gasteiger partial charge < -0.3 is 28.8 Å². The third-order valence-corrected chi connectivity index (χ3v) is 6.60. The zero-order chi connectivity index (χ0) is 27.3. The standard InChI is InChI=1S/C27H53N2O6P/c1-6-8-10-12-13-14-15-16-17-19-21-27(31)28-25(26(30)20-18-11-9-7-2)24-35-36(32,33)34-23-22-29(3,4)5/h10,12,18,20,25-26,30H,6-9,11,13-17,19,21-24H2,1-5H3,(H-,28,31,32,33)/b12-10-,20-18+. The number of aliphatic hydroxyl groups is 1. The quantitative estimate of drug-likeness (QED) is 0.0841. The molecule has 0 radical (unpaired) electrons. The number of hydrogen-bond acceptors (Lipinski definition) is 6. The molecule has 0 saturated carbocycles. The Morgan fingerprint density at radius 1 is 0.944 bits per heavy atom. The van der Waals surface area contributed by atoms with Crippen LogP contribution in [0.4, 0.5) is 0 Å². The zero-order valence-corrected chi connectivity index (χ0v) is 24.3. The Kier molecular flexibility index (Phi) is 20.4. The number of likely N-dealkylation sites (N-methyl/N-ethyl adjacent to an activating group) is 1. The lowest BCUT2D eigenvalue weighted by molar-refractivity contribution is -0.870. The first kappa shape index (κ1) is 35.0. The Labute approximate surface area is 220 Å². The van der Waals surface area contributed by atoms with Crippen molar-refractivity contribution in [1.82, 2.24) is 5.32 Å². The van der Waals surface area contributed by atoms with E-state index in [1.165, 1.54) is 6.42 Å². The predicted molar refractivity (Wildman–Crippen MR) is 145 cm³/mol. The lowest BCUT2D eigenvalue weighted by Gasteiger charge is -2.29. The zero-order valence-electron chi connectivity index (χ0n) is 23.5. The van der Waals surface area contributed by atoms with Gasteiger partial charge in [0, 0.05) is 6.42 Å². The molecule has 0 aliphatic carbocycles. The SMILES string of the molecule is CCC/C=C\CCCCCCCC(=O)NC(COP(=O)([O-])OCC[N+](C)(C)C)C(O)/C=C/CCCC. The lowest BCUT2D eigenvalue weighted by atomic mass is 10.1. The maximum absolute atomic E-state index is 12.5. The van der Waals surface area contributed by atoms with Gasteiger partial charge in [0.2, 0.25) is 5.91 Å². The summed E-state index contributed by atoms with van der Waals surface area (Å²) in [6.07, 6.45) is 18.5. The van der Waals surface area contributed by atoms with Gasteiger partial charge in [-0.1, -0.05) is 76.7 Å². The summed E-state index contributed by atoms with van der Waals surface area (Å²) in [6.45, 7) is 4.35. The lowest BCUT2D eigenvalue weighted by Crippen LogP contribution is -2.45. The molecular formula is C27H53N2O6P. The number of amides is 1. The number of rotatable bonds is 23. The second-order valence-electron chi connectivity index (χ2n) is 10.4. The van der Waals surface area contributed by atoms with E-state index in [4.69, 9.17) is 9.05 Å². The maximum atomic E-state index is 12.5. The topological polar surface area (TPSA) is 108 Å². The number of unbranched alkanes of at least 4 members (excludes halogenated alkanes) is 8. The van der Waals surface area contributed by atoms with Crippen molar-refractivity contribution >= 4 is 13.7 Å². The second kappa shape index (κ2) is 21.0. The van der Waals surface area contributed by atoms with Crippen molar-refractivity contribution in [2.45, 2.75) is 103 Å². The largest absolute Gasteiger partial charge is 0.756 e. The van der Waals surface area contributed by atoms with Crippen molar-refractivity contribution in [3.05, 3.63) is 24.3 Å². The van der Waals surface area contributed by atoms with E-state index < -0.39 is 20.0 Å². The molecule has 0 fully saturated rings. The molecule has 0 aliphatic heterocycles. The Morgan fingerprint density at radius 2 is 1.58 bits per heavy atom. The minimum Gasteiger partial charge on any atom is -0.756 e. The number of hydrogen-bond donors (Lipinski definition) is 2. The molecule has 3 atom stereocenters. The highest BCUT2D eigenvalue weighted by atomic mass is 31.2. The molecular weight excluding hydrogens is 479 g/mol. The molecule has 0 aromatic heterocycles. The average Bonchev–Trinajstić information content (AvgIpc) is 2.79. The summed E-state index contributed by atoms with van der Waals surface area (Å²) in [6, 6.07) is -0.880. The van der Waals surface area contributed by atoms with Crippen LogP contribution in [-0.2, 0) is 18.4 Å². The molecule has 1 amide bonds. The Bertz CT molecular complexity index is 663. The number of nitrogens with zero attached hydrogens (tertiary/aromatic N) is 1. The van der Waals surface area contributed by atoms with Gasteiger partial charge >= 0.3 is 0 Å². The molecule has 0 heterocycles. The summed E-state index contributed by atoms with van der Waals surface area (Å²) in [7, 11) is 1.24. The van der Waals surface area contributed by atoms with E-state index in [0.29, 0.717) is 17.4 Å². The molecule has 0 saturated heterocycles. The summed E-state index contributed by atoms with van der Waals surface area (Å²) in [5.74, 6) is -0.223. The van der Waals surface area contributed by atoms with Crippen LogP contribution in [-0.4, -0.2) is 68.5 Å². The molecule has 0 bridgehead atoms. The molecule has 0 aromatic carbocycles. The van der Waals surface area contributed by atoms with Crippen molar-refractivity contribution in [1.29, 1.82) is 0 Å². The monoisotopic (exact) mass is 532 g/mol. The second-order valence-corrected chi connectivity index (χ2v) is 11.8. The van der Waals surface area contributed by atoms with Gasteiger partial charge in [-0.15, -0.1) is 0 Å². The van der Waals surface area contributed by atoms with Gasteiger partial charge in [0.15, 0.2) is 0 Å². The summed E-state index contributed by atoms with van der Waals surface area (Å²) in [4.78, 5) is 24.6. The first-order chi connectivity index (χ1) is 17.0. The molecule has 3 unspecified atom stereocenters. The van der Waals surface area contributed by atoms with Crippen LogP contribution in [0.3, 0.4) is 0 Å². The van der Waals surface area contributed by atoms with Crippen LogP contribution < -0.4 is 10.2 Å². The van der Waals surface area contributed by atoms with Crippen molar-refractivity contribution in [3.8, 4) is 0 Å². The summed E-state index contributed by atoms with van der Waals surface area (Å²) < 4.78 is 22.7. The minimum absolute atomic E-state index is 0.00416. The molecule has 0 rings (SSSR count). The van der Waals surface area contributed by atoms with E-state index in [1.807, 2.05) is 27.2 Å². The van der Waals surface area contributed by atoms with Crippen LogP contribution >= 0.6 is 7.82 Å². The smallest absolute Gasteiger partial charge is 0.268 e. The highest BCUT2D eigenvalue weighted by Gasteiger charge is 2.23. The summed E-state index contributed by atoms with van der Waals surface area (Å²) in [5.41, 5.74) is 0. The highest BCUT2D eigenvalue weighted by Crippen LogP contribution is 2.38. The fourth-order valence-electron chi connectivity index (χ4n) is 3.31. The number of carbonyl (C=O) groups excluding carboxylic acids is 1. The predicted octanol–water partition coefficient (Wildman–Crippen LogP) is 4.87. The van der Waals surface area contributed by atoms with Gasteiger partial charge in [0.1, 0.15) is 13.2 Å². The van der Waals surface area contributed by atoms with E-state index in [-0.39, 0.29) is 19.1 Å².